The molecule has 0 saturated carbocycles. The van der Waals surface area contributed by atoms with Gasteiger partial charge in [0, 0.05) is 10.9 Å². The van der Waals surface area contributed by atoms with Gasteiger partial charge in [0.25, 0.3) is 0 Å². The van der Waals surface area contributed by atoms with E-state index in [2.05, 4.69) is 0 Å². The fourth-order valence-corrected chi connectivity index (χ4v) is 1.95. The van der Waals surface area contributed by atoms with Gasteiger partial charge in [-0.05, 0) is 35.9 Å². The third kappa shape index (κ3) is 3.94. The van der Waals surface area contributed by atoms with Gasteiger partial charge in [-0.1, -0.05) is 29.8 Å². The molecule has 0 radical (unpaired) electrons. The molecule has 2 rings (SSSR count). The SMILES string of the molecule is OCC(COc1cccc(Cl)c1)c1cccc(F)c1. The van der Waals surface area contributed by atoms with Crippen molar-refractivity contribution in [1.82, 2.24) is 0 Å². The molecular formula is C15H14ClFO2. The molecule has 2 aromatic carbocycles. The fourth-order valence-electron chi connectivity index (χ4n) is 1.77. The molecule has 0 saturated heterocycles. The lowest BCUT2D eigenvalue weighted by Gasteiger charge is -2.16. The van der Waals surface area contributed by atoms with E-state index in [1.807, 2.05) is 0 Å². The Morgan fingerprint density at radius 3 is 2.63 bits per heavy atom. The monoisotopic (exact) mass is 280 g/mol. The predicted octanol–water partition coefficient (Wildman–Crippen LogP) is 3.63. The van der Waals surface area contributed by atoms with Crippen LogP contribution in [0.25, 0.3) is 0 Å². The minimum Gasteiger partial charge on any atom is -0.493 e. The fraction of sp³-hybridized carbons (Fsp3) is 0.200. The van der Waals surface area contributed by atoms with Crippen molar-refractivity contribution >= 4 is 11.6 Å². The first kappa shape index (κ1) is 13.8. The van der Waals surface area contributed by atoms with Crippen molar-refractivity contribution < 1.29 is 14.2 Å². The average molecular weight is 281 g/mol. The maximum absolute atomic E-state index is 13.1. The topological polar surface area (TPSA) is 29.5 Å². The third-order valence-corrected chi connectivity index (χ3v) is 3.02. The number of aliphatic hydroxyl groups is 1. The summed E-state index contributed by atoms with van der Waals surface area (Å²) in [7, 11) is 0. The van der Waals surface area contributed by atoms with E-state index in [0.29, 0.717) is 16.3 Å². The molecule has 1 N–H and O–H groups in total. The molecule has 0 aromatic heterocycles. The van der Waals surface area contributed by atoms with E-state index in [-0.39, 0.29) is 24.9 Å². The zero-order valence-corrected chi connectivity index (χ0v) is 11.0. The summed E-state index contributed by atoms with van der Waals surface area (Å²) in [5, 5.41) is 9.96. The van der Waals surface area contributed by atoms with Crippen molar-refractivity contribution in [1.29, 1.82) is 0 Å². The van der Waals surface area contributed by atoms with Gasteiger partial charge in [-0.15, -0.1) is 0 Å². The normalized spacial score (nSPS) is 12.2. The summed E-state index contributed by atoms with van der Waals surface area (Å²) in [6, 6.07) is 13.2. The predicted molar refractivity (Wildman–Crippen MR) is 73.2 cm³/mol. The van der Waals surface area contributed by atoms with Crippen molar-refractivity contribution in [3.63, 3.8) is 0 Å². The maximum Gasteiger partial charge on any atom is 0.123 e. The molecule has 0 spiro atoms. The van der Waals surface area contributed by atoms with E-state index in [1.165, 1.54) is 12.1 Å². The second kappa shape index (κ2) is 6.55. The summed E-state index contributed by atoms with van der Waals surface area (Å²) in [6.07, 6.45) is 0. The Balaban J connectivity index is 2.04. The number of ether oxygens (including phenoxy) is 1. The largest absolute Gasteiger partial charge is 0.493 e. The van der Waals surface area contributed by atoms with Crippen LogP contribution in [0.2, 0.25) is 5.02 Å². The molecule has 4 heteroatoms. The second-order valence-electron chi connectivity index (χ2n) is 4.20. The summed E-state index contributed by atoms with van der Waals surface area (Å²) in [5.74, 6) is 0.0377. The number of rotatable bonds is 5. The van der Waals surface area contributed by atoms with Gasteiger partial charge in [0.1, 0.15) is 11.6 Å². The molecule has 0 fully saturated rings. The van der Waals surface area contributed by atoms with Crippen LogP contribution in [0.5, 0.6) is 5.75 Å². The Labute approximate surface area is 116 Å². The minimum atomic E-state index is -0.321. The van der Waals surface area contributed by atoms with Crippen molar-refractivity contribution in [2.75, 3.05) is 13.2 Å². The summed E-state index contributed by atoms with van der Waals surface area (Å²) in [6.45, 7) is 0.157. The Bertz CT molecular complexity index is 545. The standard InChI is InChI=1S/C15H14ClFO2/c16-13-4-2-6-15(8-13)19-10-12(9-18)11-3-1-5-14(17)7-11/h1-8,12,18H,9-10H2. The molecule has 100 valence electrons. The van der Waals surface area contributed by atoms with Crippen molar-refractivity contribution in [2.45, 2.75) is 5.92 Å². The number of hydrogen-bond donors (Lipinski definition) is 1. The number of aliphatic hydroxyl groups excluding tert-OH is 1. The number of benzene rings is 2. The molecule has 0 aliphatic heterocycles. The Morgan fingerprint density at radius 2 is 1.95 bits per heavy atom. The van der Waals surface area contributed by atoms with E-state index in [1.54, 1.807) is 36.4 Å². The molecule has 2 nitrogen and oxygen atoms in total. The van der Waals surface area contributed by atoms with Crippen LogP contribution >= 0.6 is 11.6 Å². The highest BCUT2D eigenvalue weighted by Gasteiger charge is 2.12. The molecular weight excluding hydrogens is 267 g/mol. The average Bonchev–Trinajstić information content (AvgIpc) is 2.40. The van der Waals surface area contributed by atoms with E-state index < -0.39 is 0 Å². The van der Waals surface area contributed by atoms with Gasteiger partial charge >= 0.3 is 0 Å². The van der Waals surface area contributed by atoms with E-state index in [0.717, 1.165) is 0 Å². The lowest BCUT2D eigenvalue weighted by molar-refractivity contribution is 0.205. The smallest absolute Gasteiger partial charge is 0.123 e. The second-order valence-corrected chi connectivity index (χ2v) is 4.64. The molecule has 0 aliphatic rings. The number of hydrogen-bond acceptors (Lipinski definition) is 2. The Kier molecular flexibility index (Phi) is 4.77. The highest BCUT2D eigenvalue weighted by atomic mass is 35.5. The minimum absolute atomic E-state index is 0.107. The van der Waals surface area contributed by atoms with Gasteiger partial charge in [-0.2, -0.15) is 0 Å². The third-order valence-electron chi connectivity index (χ3n) is 2.79. The Hall–Kier alpha value is -1.58. The maximum atomic E-state index is 13.1. The van der Waals surface area contributed by atoms with Crippen molar-refractivity contribution in [3.8, 4) is 5.75 Å². The van der Waals surface area contributed by atoms with Gasteiger partial charge < -0.3 is 9.84 Å². The first-order valence-electron chi connectivity index (χ1n) is 5.93. The van der Waals surface area contributed by atoms with Crippen LogP contribution in [0.1, 0.15) is 11.5 Å². The summed E-state index contributed by atoms with van der Waals surface area (Å²) >= 11 is 5.85. The van der Waals surface area contributed by atoms with Crippen LogP contribution in [0.4, 0.5) is 4.39 Å². The van der Waals surface area contributed by atoms with E-state index >= 15 is 0 Å². The summed E-state index contributed by atoms with van der Waals surface area (Å²) in [4.78, 5) is 0. The quantitative estimate of drug-likeness (QED) is 0.906. The molecule has 1 unspecified atom stereocenters. The molecule has 0 heterocycles. The Morgan fingerprint density at radius 1 is 1.16 bits per heavy atom. The molecule has 2 aromatic rings. The van der Waals surface area contributed by atoms with Crippen LogP contribution in [0.15, 0.2) is 48.5 Å². The lowest BCUT2D eigenvalue weighted by atomic mass is 10.0. The zero-order valence-electron chi connectivity index (χ0n) is 10.2. The van der Waals surface area contributed by atoms with Gasteiger partial charge in [-0.3, -0.25) is 0 Å². The van der Waals surface area contributed by atoms with Crippen LogP contribution in [0.3, 0.4) is 0 Å². The van der Waals surface area contributed by atoms with E-state index in [9.17, 15) is 9.50 Å². The van der Waals surface area contributed by atoms with Gasteiger partial charge in [0.15, 0.2) is 0 Å². The van der Waals surface area contributed by atoms with E-state index in [4.69, 9.17) is 16.3 Å². The van der Waals surface area contributed by atoms with Crippen molar-refractivity contribution in [3.05, 3.63) is 64.9 Å². The highest BCUT2D eigenvalue weighted by Crippen LogP contribution is 2.21. The lowest BCUT2D eigenvalue weighted by Crippen LogP contribution is -2.14. The number of halogens is 2. The zero-order chi connectivity index (χ0) is 13.7. The van der Waals surface area contributed by atoms with Gasteiger partial charge in [0.2, 0.25) is 0 Å². The molecule has 1 atom stereocenters. The first-order chi connectivity index (χ1) is 9.19. The molecule has 19 heavy (non-hydrogen) atoms. The van der Waals surface area contributed by atoms with Crippen molar-refractivity contribution in [2.24, 2.45) is 0 Å². The van der Waals surface area contributed by atoms with Crippen LogP contribution < -0.4 is 4.74 Å². The summed E-state index contributed by atoms with van der Waals surface area (Å²) in [5.41, 5.74) is 0.713. The first-order valence-corrected chi connectivity index (χ1v) is 6.31. The van der Waals surface area contributed by atoms with Crippen LogP contribution in [-0.4, -0.2) is 18.3 Å². The highest BCUT2D eigenvalue weighted by molar-refractivity contribution is 6.30. The van der Waals surface area contributed by atoms with Gasteiger partial charge in [0.05, 0.1) is 13.2 Å². The molecule has 0 amide bonds. The molecule has 0 bridgehead atoms. The van der Waals surface area contributed by atoms with Gasteiger partial charge in [-0.25, -0.2) is 4.39 Å². The molecule has 0 aliphatic carbocycles. The van der Waals surface area contributed by atoms with Crippen LogP contribution in [0, 0.1) is 5.82 Å². The van der Waals surface area contributed by atoms with Crippen LogP contribution in [-0.2, 0) is 0 Å². The summed E-state index contributed by atoms with van der Waals surface area (Å²) < 4.78 is 18.7.